The number of para-hydroxylation sites is 1. The largest absolute Gasteiger partial charge is 0.449 e. The monoisotopic (exact) mass is 329 g/mol. The quantitative estimate of drug-likeness (QED) is 0.868. The number of furan rings is 1. The molecule has 1 aliphatic rings. The van der Waals surface area contributed by atoms with Gasteiger partial charge in [-0.25, -0.2) is 4.79 Å². The first-order chi connectivity index (χ1) is 11.6. The van der Waals surface area contributed by atoms with E-state index in [0.717, 1.165) is 36.6 Å². The number of fused-ring (bicyclic) bond motifs is 1. The van der Waals surface area contributed by atoms with Crippen LogP contribution in [0.3, 0.4) is 0 Å². The van der Waals surface area contributed by atoms with Gasteiger partial charge < -0.3 is 14.5 Å². The average molecular weight is 329 g/mol. The van der Waals surface area contributed by atoms with Gasteiger partial charge in [-0.1, -0.05) is 37.5 Å². The first kappa shape index (κ1) is 16.6. The third-order valence-electron chi connectivity index (χ3n) is 4.63. The molecule has 0 bridgehead atoms. The van der Waals surface area contributed by atoms with Gasteiger partial charge in [0.25, 0.3) is 5.91 Å². The molecule has 3 rings (SSSR count). The molecule has 5 heteroatoms. The van der Waals surface area contributed by atoms with Crippen molar-refractivity contribution in [2.75, 3.05) is 0 Å². The van der Waals surface area contributed by atoms with Gasteiger partial charge in [0.1, 0.15) is 5.58 Å². The van der Waals surface area contributed by atoms with Crippen LogP contribution in [0.15, 0.2) is 28.7 Å². The summed E-state index contributed by atoms with van der Waals surface area (Å²) in [6.45, 7) is 3.41. The minimum Gasteiger partial charge on any atom is -0.449 e. The normalized spacial score (nSPS) is 16.8. The van der Waals surface area contributed by atoms with Crippen molar-refractivity contribution in [2.24, 2.45) is 0 Å². The topological polar surface area (TPSA) is 68.5 Å². The molecule has 0 saturated heterocycles. The summed E-state index contributed by atoms with van der Waals surface area (Å²) in [7, 11) is 0. The summed E-state index contributed by atoms with van der Waals surface area (Å²) in [6, 6.07) is 7.63. The lowest BCUT2D eigenvalue weighted by molar-refractivity contribution is -0.130. The maximum atomic E-state index is 12.3. The van der Waals surface area contributed by atoms with Gasteiger partial charge in [0.05, 0.1) is 0 Å². The Morgan fingerprint density at radius 3 is 2.62 bits per heavy atom. The molecule has 0 unspecified atom stereocenters. The molecule has 2 aromatic rings. The molecule has 0 aliphatic heterocycles. The van der Waals surface area contributed by atoms with E-state index in [-0.39, 0.29) is 17.7 Å². The number of rotatable bonds is 4. The average Bonchev–Trinajstić information content (AvgIpc) is 2.93. The molecule has 1 N–H and O–H groups in total. The van der Waals surface area contributed by atoms with Crippen LogP contribution in [0, 0.1) is 6.92 Å². The van der Waals surface area contributed by atoms with Crippen LogP contribution in [-0.4, -0.2) is 24.0 Å². The van der Waals surface area contributed by atoms with Crippen molar-refractivity contribution in [1.82, 2.24) is 5.32 Å². The molecule has 1 amide bonds. The van der Waals surface area contributed by atoms with Crippen molar-refractivity contribution in [3.63, 3.8) is 0 Å². The Balaban J connectivity index is 1.64. The Morgan fingerprint density at radius 1 is 1.21 bits per heavy atom. The second kappa shape index (κ2) is 7.07. The fourth-order valence-electron chi connectivity index (χ4n) is 3.20. The van der Waals surface area contributed by atoms with Crippen molar-refractivity contribution < 1.29 is 18.7 Å². The zero-order valence-electron chi connectivity index (χ0n) is 14.1. The summed E-state index contributed by atoms with van der Waals surface area (Å²) in [5.41, 5.74) is 1.37. The van der Waals surface area contributed by atoms with Crippen molar-refractivity contribution in [3.8, 4) is 0 Å². The van der Waals surface area contributed by atoms with Crippen LogP contribution in [0.2, 0.25) is 0 Å². The van der Waals surface area contributed by atoms with Gasteiger partial charge in [-0.3, -0.25) is 4.79 Å². The van der Waals surface area contributed by atoms with Crippen LogP contribution in [0.4, 0.5) is 0 Å². The van der Waals surface area contributed by atoms with Crippen LogP contribution in [0.25, 0.3) is 11.0 Å². The number of hydrogen-bond donors (Lipinski definition) is 1. The van der Waals surface area contributed by atoms with E-state index in [4.69, 9.17) is 9.15 Å². The van der Waals surface area contributed by atoms with Crippen LogP contribution in [-0.2, 0) is 9.53 Å². The zero-order chi connectivity index (χ0) is 17.1. The molecule has 1 saturated carbocycles. The summed E-state index contributed by atoms with van der Waals surface area (Å²) in [4.78, 5) is 24.6. The van der Waals surface area contributed by atoms with Gasteiger partial charge in [-0.2, -0.15) is 0 Å². The van der Waals surface area contributed by atoms with Crippen LogP contribution >= 0.6 is 0 Å². The van der Waals surface area contributed by atoms with E-state index >= 15 is 0 Å². The van der Waals surface area contributed by atoms with Crippen molar-refractivity contribution >= 4 is 22.8 Å². The number of hydrogen-bond acceptors (Lipinski definition) is 4. The van der Waals surface area contributed by atoms with E-state index in [1.165, 1.54) is 6.42 Å². The number of ether oxygens (including phenoxy) is 1. The molecule has 128 valence electrons. The number of aryl methyl sites for hydroxylation is 1. The van der Waals surface area contributed by atoms with Crippen molar-refractivity contribution in [1.29, 1.82) is 0 Å². The third kappa shape index (κ3) is 3.45. The molecule has 24 heavy (non-hydrogen) atoms. The summed E-state index contributed by atoms with van der Waals surface area (Å²) < 4.78 is 10.9. The molecular weight excluding hydrogens is 306 g/mol. The van der Waals surface area contributed by atoms with Crippen molar-refractivity contribution in [3.05, 3.63) is 35.6 Å². The Labute approximate surface area is 141 Å². The Kier molecular flexibility index (Phi) is 4.88. The lowest BCUT2D eigenvalue weighted by atomic mass is 9.95. The molecule has 0 spiro atoms. The number of benzene rings is 1. The first-order valence-corrected chi connectivity index (χ1v) is 8.55. The Bertz CT molecular complexity index is 743. The zero-order valence-corrected chi connectivity index (χ0v) is 14.1. The molecule has 0 radical (unpaired) electrons. The molecule has 5 nitrogen and oxygen atoms in total. The van der Waals surface area contributed by atoms with Gasteiger partial charge in [-0.05, 0) is 32.8 Å². The first-order valence-electron chi connectivity index (χ1n) is 8.55. The van der Waals surface area contributed by atoms with Crippen LogP contribution < -0.4 is 5.32 Å². The van der Waals surface area contributed by atoms with E-state index in [0.29, 0.717) is 5.58 Å². The standard InChI is InChI=1S/C19H23NO4/c1-12-15-10-6-7-11-16(15)24-17(12)19(22)23-13(2)18(21)20-14-8-4-3-5-9-14/h6-7,10-11,13-14H,3-5,8-9H2,1-2H3,(H,20,21)/t13-/m0/s1. The smallest absolute Gasteiger partial charge is 0.375 e. The molecule has 1 fully saturated rings. The lowest BCUT2D eigenvalue weighted by Crippen LogP contribution is -2.42. The second-order valence-corrected chi connectivity index (χ2v) is 6.44. The van der Waals surface area contributed by atoms with E-state index in [9.17, 15) is 9.59 Å². The predicted octanol–water partition coefficient (Wildman–Crippen LogP) is 3.74. The molecule has 1 aromatic carbocycles. The van der Waals surface area contributed by atoms with Crippen LogP contribution in [0.1, 0.15) is 55.1 Å². The molecule has 1 atom stereocenters. The van der Waals surface area contributed by atoms with Gasteiger partial charge in [0.2, 0.25) is 5.76 Å². The molecular formula is C19H23NO4. The summed E-state index contributed by atoms with van der Waals surface area (Å²) >= 11 is 0. The highest BCUT2D eigenvalue weighted by molar-refractivity contribution is 5.97. The highest BCUT2D eigenvalue weighted by Gasteiger charge is 2.25. The van der Waals surface area contributed by atoms with Crippen molar-refractivity contribution in [2.45, 2.75) is 58.1 Å². The van der Waals surface area contributed by atoms with Crippen LogP contribution in [0.5, 0.6) is 0 Å². The third-order valence-corrected chi connectivity index (χ3v) is 4.63. The minimum atomic E-state index is -0.841. The number of esters is 1. The number of amides is 1. The van der Waals surface area contributed by atoms with E-state index in [2.05, 4.69) is 5.32 Å². The van der Waals surface area contributed by atoms with Gasteiger partial charge in [0.15, 0.2) is 6.10 Å². The molecule has 1 heterocycles. The van der Waals surface area contributed by atoms with Gasteiger partial charge in [-0.15, -0.1) is 0 Å². The van der Waals surface area contributed by atoms with Gasteiger partial charge in [0, 0.05) is 17.0 Å². The highest BCUT2D eigenvalue weighted by atomic mass is 16.6. The Morgan fingerprint density at radius 2 is 1.92 bits per heavy atom. The summed E-state index contributed by atoms with van der Waals surface area (Å²) in [6.07, 6.45) is 4.65. The number of carbonyl (C=O) groups excluding carboxylic acids is 2. The minimum absolute atomic E-state index is 0.161. The molecule has 1 aromatic heterocycles. The number of nitrogens with one attached hydrogen (secondary N) is 1. The SMILES string of the molecule is Cc1c(C(=O)O[C@@H](C)C(=O)NC2CCCCC2)oc2ccccc12. The summed E-state index contributed by atoms with van der Waals surface area (Å²) in [5.74, 6) is -0.687. The fourth-order valence-corrected chi connectivity index (χ4v) is 3.20. The van der Waals surface area contributed by atoms with E-state index < -0.39 is 12.1 Å². The lowest BCUT2D eigenvalue weighted by Gasteiger charge is -2.24. The van der Waals surface area contributed by atoms with E-state index in [1.54, 1.807) is 13.0 Å². The Hall–Kier alpha value is -2.30. The summed E-state index contributed by atoms with van der Waals surface area (Å²) in [5, 5.41) is 3.85. The predicted molar refractivity (Wildman–Crippen MR) is 90.8 cm³/mol. The maximum absolute atomic E-state index is 12.3. The molecule has 1 aliphatic carbocycles. The number of carbonyl (C=O) groups is 2. The fraction of sp³-hybridized carbons (Fsp3) is 0.474. The van der Waals surface area contributed by atoms with Gasteiger partial charge >= 0.3 is 5.97 Å². The highest BCUT2D eigenvalue weighted by Crippen LogP contribution is 2.25. The maximum Gasteiger partial charge on any atom is 0.375 e. The van der Waals surface area contributed by atoms with E-state index in [1.807, 2.05) is 25.1 Å². The second-order valence-electron chi connectivity index (χ2n) is 6.44.